The quantitative estimate of drug-likeness (QED) is 0.160. The first kappa shape index (κ1) is 37.1. The van der Waals surface area contributed by atoms with Crippen LogP contribution in [-0.2, 0) is 20.0 Å². The summed E-state index contributed by atoms with van der Waals surface area (Å²) in [5.74, 6) is -1.21. The number of anilines is 2. The van der Waals surface area contributed by atoms with Crippen molar-refractivity contribution < 1.29 is 41.0 Å². The van der Waals surface area contributed by atoms with Gasteiger partial charge in [0.2, 0.25) is 20.0 Å². The van der Waals surface area contributed by atoms with Gasteiger partial charge in [-0.1, -0.05) is 33.8 Å². The largest absolute Gasteiger partial charge is 0.507 e. The van der Waals surface area contributed by atoms with Crippen LogP contribution in [-0.4, -0.2) is 82.8 Å². The molecule has 49 heavy (non-hydrogen) atoms. The van der Waals surface area contributed by atoms with Crippen LogP contribution in [0.2, 0.25) is 0 Å². The van der Waals surface area contributed by atoms with Crippen molar-refractivity contribution in [3.05, 3.63) is 77.9 Å². The molecule has 0 unspecified atom stereocenters. The topological polar surface area (TPSA) is 172 Å². The monoisotopic (exact) mass is 712 g/mol. The summed E-state index contributed by atoms with van der Waals surface area (Å²) in [6.07, 6.45) is 0. The van der Waals surface area contributed by atoms with Crippen LogP contribution in [0, 0.1) is 0 Å². The third-order valence-electron chi connectivity index (χ3n) is 7.99. The number of rotatable bonds is 14. The molecule has 13 nitrogen and oxygen atoms in total. The molecule has 4 aromatic carbocycles. The van der Waals surface area contributed by atoms with Crippen molar-refractivity contribution in [2.24, 2.45) is 0 Å². The molecule has 0 aliphatic rings. The van der Waals surface area contributed by atoms with E-state index in [-0.39, 0.29) is 75.7 Å². The number of nitrogens with one attached hydrogen (secondary N) is 2. The van der Waals surface area contributed by atoms with Crippen LogP contribution < -0.4 is 20.1 Å². The van der Waals surface area contributed by atoms with Gasteiger partial charge in [-0.25, -0.2) is 16.8 Å². The van der Waals surface area contributed by atoms with Gasteiger partial charge < -0.3 is 25.2 Å². The highest BCUT2D eigenvalue weighted by atomic mass is 32.2. The molecule has 0 aliphatic heterocycles. The zero-order chi connectivity index (χ0) is 36.1. The van der Waals surface area contributed by atoms with Crippen LogP contribution >= 0.6 is 0 Å². The molecule has 0 spiro atoms. The Morgan fingerprint density at radius 2 is 1.10 bits per heavy atom. The normalized spacial score (nSPS) is 11.9. The van der Waals surface area contributed by atoms with E-state index in [9.17, 15) is 31.5 Å². The number of aromatic hydroxyl groups is 1. The Balaban J connectivity index is 1.66. The number of hydrogen-bond donors (Lipinski definition) is 3. The summed E-state index contributed by atoms with van der Waals surface area (Å²) in [6.45, 7) is 7.98. The Morgan fingerprint density at radius 1 is 0.633 bits per heavy atom. The first-order chi connectivity index (χ1) is 23.2. The van der Waals surface area contributed by atoms with E-state index in [1.807, 2.05) is 0 Å². The number of benzene rings is 4. The molecular formula is C34H40N4O9S2. The van der Waals surface area contributed by atoms with Crippen LogP contribution in [0.15, 0.2) is 76.5 Å². The molecule has 0 saturated carbocycles. The highest BCUT2D eigenvalue weighted by Crippen LogP contribution is 2.33. The van der Waals surface area contributed by atoms with Gasteiger partial charge in [-0.15, -0.1) is 0 Å². The van der Waals surface area contributed by atoms with E-state index in [0.29, 0.717) is 10.8 Å². The number of nitrogens with zero attached hydrogens (tertiary/aromatic N) is 2. The van der Waals surface area contributed by atoms with Crippen molar-refractivity contribution in [3.63, 3.8) is 0 Å². The molecule has 0 radical (unpaired) electrons. The van der Waals surface area contributed by atoms with Crippen LogP contribution in [0.25, 0.3) is 10.8 Å². The summed E-state index contributed by atoms with van der Waals surface area (Å²) in [4.78, 5) is 26.8. The minimum absolute atomic E-state index is 0.00948. The average Bonchev–Trinajstić information content (AvgIpc) is 3.08. The zero-order valence-electron chi connectivity index (χ0n) is 28.1. The lowest BCUT2D eigenvalue weighted by Gasteiger charge is -2.20. The summed E-state index contributed by atoms with van der Waals surface area (Å²) in [5.41, 5.74) is 0.262. The van der Waals surface area contributed by atoms with Crippen molar-refractivity contribution in [3.8, 4) is 17.2 Å². The summed E-state index contributed by atoms with van der Waals surface area (Å²) < 4.78 is 65.7. The smallest absolute Gasteiger partial charge is 0.259 e. The molecule has 0 heterocycles. The summed E-state index contributed by atoms with van der Waals surface area (Å²) >= 11 is 0. The number of amides is 2. The predicted molar refractivity (Wildman–Crippen MR) is 188 cm³/mol. The van der Waals surface area contributed by atoms with Gasteiger partial charge in [-0.05, 0) is 71.4 Å². The predicted octanol–water partition coefficient (Wildman–Crippen LogP) is 5.13. The van der Waals surface area contributed by atoms with Gasteiger partial charge in [0.05, 0.1) is 40.9 Å². The summed E-state index contributed by atoms with van der Waals surface area (Å²) in [7, 11) is -4.88. The van der Waals surface area contributed by atoms with E-state index >= 15 is 0 Å². The van der Waals surface area contributed by atoms with E-state index in [0.717, 1.165) is 0 Å². The number of methoxy groups -OCH3 is 2. The number of phenols is 1. The zero-order valence-corrected chi connectivity index (χ0v) is 29.7. The van der Waals surface area contributed by atoms with E-state index in [4.69, 9.17) is 9.47 Å². The van der Waals surface area contributed by atoms with Gasteiger partial charge in [0.15, 0.2) is 0 Å². The van der Waals surface area contributed by atoms with E-state index < -0.39 is 31.9 Å². The van der Waals surface area contributed by atoms with Crippen molar-refractivity contribution in [1.82, 2.24) is 8.61 Å². The van der Waals surface area contributed by atoms with E-state index in [2.05, 4.69) is 10.6 Å². The van der Waals surface area contributed by atoms with Crippen molar-refractivity contribution in [1.29, 1.82) is 0 Å². The Hall–Kier alpha value is -4.70. The molecule has 0 aromatic heterocycles. The van der Waals surface area contributed by atoms with Gasteiger partial charge in [-0.3, -0.25) is 9.59 Å². The molecule has 2 amide bonds. The number of phenolic OH excluding ortho intramolecular Hbond substituents is 1. The first-order valence-corrected chi connectivity index (χ1v) is 18.4. The van der Waals surface area contributed by atoms with Crippen molar-refractivity contribution >= 4 is 54.0 Å². The fraction of sp³-hybridized carbons (Fsp3) is 0.294. The van der Waals surface area contributed by atoms with Gasteiger partial charge in [0.1, 0.15) is 17.2 Å². The number of sulfonamides is 2. The molecule has 0 aliphatic carbocycles. The summed E-state index contributed by atoms with van der Waals surface area (Å²) in [5, 5.41) is 17.1. The maximum Gasteiger partial charge on any atom is 0.259 e. The van der Waals surface area contributed by atoms with Crippen LogP contribution in [0.1, 0.15) is 48.4 Å². The third kappa shape index (κ3) is 7.64. The second-order valence-corrected chi connectivity index (χ2v) is 14.6. The van der Waals surface area contributed by atoms with E-state index in [1.165, 1.54) is 83.5 Å². The second-order valence-electron chi connectivity index (χ2n) is 10.7. The number of carbonyl (C=O) groups excluding carboxylic acids is 2. The minimum Gasteiger partial charge on any atom is -0.507 e. The Bertz CT molecular complexity index is 2090. The number of ether oxygens (including phenoxy) is 2. The highest BCUT2D eigenvalue weighted by molar-refractivity contribution is 7.89. The van der Waals surface area contributed by atoms with Gasteiger partial charge in [0, 0.05) is 31.7 Å². The van der Waals surface area contributed by atoms with Crippen molar-refractivity contribution in [2.45, 2.75) is 37.5 Å². The van der Waals surface area contributed by atoms with Crippen LogP contribution in [0.5, 0.6) is 17.2 Å². The fourth-order valence-electron chi connectivity index (χ4n) is 5.31. The Morgan fingerprint density at radius 3 is 1.55 bits per heavy atom. The molecule has 262 valence electrons. The lowest BCUT2D eigenvalue weighted by molar-refractivity contribution is 0.101. The molecule has 0 fully saturated rings. The number of fused-ring (bicyclic) bond motifs is 1. The average molecular weight is 713 g/mol. The summed E-state index contributed by atoms with van der Waals surface area (Å²) in [6, 6.07) is 15.7. The Kier molecular flexibility index (Phi) is 11.5. The third-order valence-corrected chi connectivity index (χ3v) is 12.1. The Labute approximate surface area is 286 Å². The molecule has 15 heteroatoms. The minimum atomic E-state index is -3.84. The molecule has 0 saturated heterocycles. The van der Waals surface area contributed by atoms with Crippen LogP contribution in [0.4, 0.5) is 11.4 Å². The maximum atomic E-state index is 13.5. The maximum absolute atomic E-state index is 13.5. The molecule has 0 atom stereocenters. The molecule has 0 bridgehead atoms. The van der Waals surface area contributed by atoms with Gasteiger partial charge >= 0.3 is 0 Å². The van der Waals surface area contributed by atoms with E-state index in [1.54, 1.807) is 33.8 Å². The molecule has 4 aromatic rings. The SMILES string of the molecule is CCN(CC)S(=O)(=O)c1ccc(OC)c(NC(=O)c2ccc3cc(O)c(C(=O)Nc4cc(S(=O)(=O)N(CC)CC)ccc4OC)cc3c2)c1. The van der Waals surface area contributed by atoms with Gasteiger partial charge in [-0.2, -0.15) is 8.61 Å². The van der Waals surface area contributed by atoms with Crippen molar-refractivity contribution in [2.75, 3.05) is 51.0 Å². The lowest BCUT2D eigenvalue weighted by atomic mass is 10.0. The second kappa shape index (κ2) is 15.2. The molecule has 3 N–H and O–H groups in total. The molecule has 4 rings (SSSR count). The molecular weight excluding hydrogens is 673 g/mol. The standard InChI is InChI=1S/C34H40N4O9S2/c1-7-37(8-2)48(42,43)25-13-15-31(46-5)28(20-25)35-33(40)23-12-11-22-19-30(39)27(18-24(22)17-23)34(41)36-29-21-26(14-16-32(29)47-6)49(44,45)38(9-3)10-4/h11-21,39H,7-10H2,1-6H3,(H,35,40)(H,36,41). The van der Waals surface area contributed by atoms with Crippen LogP contribution in [0.3, 0.4) is 0 Å². The first-order valence-electron chi connectivity index (χ1n) is 15.5. The highest BCUT2D eigenvalue weighted by Gasteiger charge is 2.25. The fourth-order valence-corrected chi connectivity index (χ4v) is 8.28. The number of carbonyl (C=O) groups is 2. The van der Waals surface area contributed by atoms with Gasteiger partial charge in [0.25, 0.3) is 11.8 Å². The lowest BCUT2D eigenvalue weighted by Crippen LogP contribution is -2.30. The number of hydrogen-bond acceptors (Lipinski definition) is 9.